The molecule has 1 fully saturated rings. The van der Waals surface area contributed by atoms with E-state index in [1.165, 1.54) is 0 Å². The van der Waals surface area contributed by atoms with Crippen LogP contribution in [-0.4, -0.2) is 34.0 Å². The first kappa shape index (κ1) is 20.8. The van der Waals surface area contributed by atoms with Crippen LogP contribution in [0.25, 0.3) is 6.08 Å². The van der Waals surface area contributed by atoms with Gasteiger partial charge in [0.15, 0.2) is 0 Å². The van der Waals surface area contributed by atoms with Crippen LogP contribution in [0.15, 0.2) is 30.3 Å². The van der Waals surface area contributed by atoms with Crippen LogP contribution < -0.4 is 5.73 Å². The zero-order valence-electron chi connectivity index (χ0n) is 15.3. The molecule has 2 rings (SSSR count). The van der Waals surface area contributed by atoms with Crippen molar-refractivity contribution in [2.75, 3.05) is 0 Å². The molecule has 0 radical (unpaired) electrons. The molecule has 0 heterocycles. The van der Waals surface area contributed by atoms with E-state index in [9.17, 15) is 19.5 Å². The topological polar surface area (TPSA) is 118 Å². The Morgan fingerprint density at radius 3 is 2.56 bits per heavy atom. The van der Waals surface area contributed by atoms with Crippen LogP contribution in [0.3, 0.4) is 0 Å². The number of aliphatic hydroxyl groups excluding tert-OH is 1. The van der Waals surface area contributed by atoms with E-state index in [2.05, 4.69) is 0 Å². The summed E-state index contributed by atoms with van der Waals surface area (Å²) < 4.78 is 0. The molecular weight excluding hydrogens is 346 g/mol. The molecule has 1 aliphatic carbocycles. The number of primary amides is 1. The third-order valence-corrected chi connectivity index (χ3v) is 5.11. The molecule has 3 atom stereocenters. The Labute approximate surface area is 159 Å². The number of Topliss-reactive ketones (excluding diaryl/α,β-unsaturated/α-hetero) is 1. The summed E-state index contributed by atoms with van der Waals surface area (Å²) in [4.78, 5) is 34.3. The average Bonchev–Trinajstić information content (AvgIpc) is 2.89. The van der Waals surface area contributed by atoms with Gasteiger partial charge >= 0.3 is 5.97 Å². The monoisotopic (exact) mass is 373 g/mol. The van der Waals surface area contributed by atoms with E-state index in [0.717, 1.165) is 19.3 Å². The highest BCUT2D eigenvalue weighted by atomic mass is 16.4. The number of amides is 1. The third kappa shape index (κ3) is 6.03. The average molecular weight is 373 g/mol. The Bertz CT molecular complexity index is 712. The third-order valence-electron chi connectivity index (χ3n) is 5.11. The maximum atomic E-state index is 12.2. The maximum absolute atomic E-state index is 12.2. The van der Waals surface area contributed by atoms with E-state index in [-0.39, 0.29) is 30.5 Å². The van der Waals surface area contributed by atoms with Crippen molar-refractivity contribution in [3.05, 3.63) is 41.5 Å². The molecule has 0 aliphatic heterocycles. The van der Waals surface area contributed by atoms with E-state index in [1.54, 1.807) is 30.3 Å². The maximum Gasteiger partial charge on any atom is 0.303 e. The summed E-state index contributed by atoms with van der Waals surface area (Å²) in [6.45, 7) is 0. The molecule has 0 aromatic heterocycles. The molecular formula is C21H27NO5. The molecule has 1 amide bonds. The molecule has 1 aliphatic rings. The number of ketones is 1. The van der Waals surface area contributed by atoms with Crippen molar-refractivity contribution in [1.29, 1.82) is 0 Å². The van der Waals surface area contributed by atoms with Crippen molar-refractivity contribution in [3.63, 3.8) is 0 Å². The van der Waals surface area contributed by atoms with Gasteiger partial charge in [-0.05, 0) is 24.5 Å². The summed E-state index contributed by atoms with van der Waals surface area (Å²) in [5.74, 6) is -1.76. The number of carbonyl (C=O) groups excluding carboxylic acids is 2. The van der Waals surface area contributed by atoms with Gasteiger partial charge in [-0.3, -0.25) is 14.4 Å². The van der Waals surface area contributed by atoms with Gasteiger partial charge in [-0.2, -0.15) is 0 Å². The molecule has 0 bridgehead atoms. The molecule has 1 saturated carbocycles. The Hall–Kier alpha value is -2.47. The predicted molar refractivity (Wildman–Crippen MR) is 102 cm³/mol. The Morgan fingerprint density at radius 1 is 1.15 bits per heavy atom. The van der Waals surface area contributed by atoms with Crippen LogP contribution in [0.1, 0.15) is 60.9 Å². The molecule has 0 saturated heterocycles. The molecule has 6 nitrogen and oxygen atoms in total. The zero-order valence-corrected chi connectivity index (χ0v) is 15.3. The normalized spacial score (nSPS) is 22.4. The number of unbranched alkanes of at least 4 members (excludes halogenated alkanes) is 3. The SMILES string of the molecule is NC(=O)c1ccccc1C=C[C@@H]1[C@H](O)CC(=O)[C@H]1CCCCCCC(=O)O. The Balaban J connectivity index is 1.96. The predicted octanol–water partition coefficient (Wildman–Crippen LogP) is 2.79. The van der Waals surface area contributed by atoms with Gasteiger partial charge in [-0.25, -0.2) is 0 Å². The number of hydrogen-bond acceptors (Lipinski definition) is 4. The lowest BCUT2D eigenvalue weighted by Crippen LogP contribution is -2.18. The lowest BCUT2D eigenvalue weighted by molar-refractivity contribution is -0.137. The number of carbonyl (C=O) groups is 3. The fourth-order valence-electron chi connectivity index (χ4n) is 3.67. The number of rotatable bonds is 10. The first-order chi connectivity index (χ1) is 12.9. The minimum absolute atomic E-state index is 0.0610. The van der Waals surface area contributed by atoms with Gasteiger partial charge in [0.05, 0.1) is 6.10 Å². The molecule has 1 aromatic rings. The molecule has 4 N–H and O–H groups in total. The minimum atomic E-state index is -0.787. The summed E-state index contributed by atoms with van der Waals surface area (Å²) in [5, 5.41) is 18.9. The first-order valence-electron chi connectivity index (χ1n) is 9.39. The van der Waals surface area contributed by atoms with Crippen molar-refractivity contribution < 1.29 is 24.6 Å². The van der Waals surface area contributed by atoms with Crippen LogP contribution in [0.4, 0.5) is 0 Å². The minimum Gasteiger partial charge on any atom is -0.481 e. The molecule has 6 heteroatoms. The summed E-state index contributed by atoms with van der Waals surface area (Å²) >= 11 is 0. The van der Waals surface area contributed by atoms with Gasteiger partial charge in [-0.1, -0.05) is 49.6 Å². The molecule has 1 aromatic carbocycles. The van der Waals surface area contributed by atoms with Gasteiger partial charge in [0.1, 0.15) is 5.78 Å². The van der Waals surface area contributed by atoms with Crippen LogP contribution in [-0.2, 0) is 9.59 Å². The number of carboxylic acid groups (broad SMARTS) is 1. The van der Waals surface area contributed by atoms with Gasteiger partial charge in [0, 0.05) is 30.2 Å². The Kier molecular flexibility index (Phi) is 7.73. The summed E-state index contributed by atoms with van der Waals surface area (Å²) in [6, 6.07) is 6.96. The summed E-state index contributed by atoms with van der Waals surface area (Å²) in [7, 11) is 0. The number of aliphatic hydroxyl groups is 1. The van der Waals surface area contributed by atoms with Crippen LogP contribution >= 0.6 is 0 Å². The van der Waals surface area contributed by atoms with Gasteiger partial charge in [-0.15, -0.1) is 0 Å². The van der Waals surface area contributed by atoms with E-state index in [4.69, 9.17) is 10.8 Å². The lowest BCUT2D eigenvalue weighted by atomic mass is 9.88. The van der Waals surface area contributed by atoms with Crippen molar-refractivity contribution >= 4 is 23.7 Å². The van der Waals surface area contributed by atoms with E-state index in [1.807, 2.05) is 6.08 Å². The molecule has 146 valence electrons. The van der Waals surface area contributed by atoms with E-state index in [0.29, 0.717) is 24.0 Å². The van der Waals surface area contributed by atoms with E-state index >= 15 is 0 Å². The standard InChI is InChI=1S/C21H27NO5/c22-21(27)15-8-6-5-7-14(15)11-12-17-16(18(23)13-19(17)24)9-3-1-2-4-10-20(25)26/h5-8,11-12,16-17,19,24H,1-4,9-10,13H2,(H2,22,27)(H,25,26)/t16-,17-,19+/m0/s1. The summed E-state index contributed by atoms with van der Waals surface area (Å²) in [5.41, 5.74) is 6.46. The fraction of sp³-hybridized carbons (Fsp3) is 0.476. The lowest BCUT2D eigenvalue weighted by Gasteiger charge is -2.17. The second kappa shape index (κ2) is 10.0. The zero-order chi connectivity index (χ0) is 19.8. The van der Waals surface area contributed by atoms with Crippen molar-refractivity contribution in [3.8, 4) is 0 Å². The number of nitrogens with two attached hydrogens (primary N) is 1. The van der Waals surface area contributed by atoms with Crippen LogP contribution in [0.2, 0.25) is 0 Å². The molecule has 27 heavy (non-hydrogen) atoms. The van der Waals surface area contributed by atoms with Gasteiger partial charge in [0.25, 0.3) is 0 Å². The summed E-state index contributed by atoms with van der Waals surface area (Å²) in [6.07, 6.45) is 7.01. The van der Waals surface area contributed by atoms with Crippen molar-refractivity contribution in [1.82, 2.24) is 0 Å². The highest BCUT2D eigenvalue weighted by molar-refractivity contribution is 5.96. The first-order valence-corrected chi connectivity index (χ1v) is 9.39. The van der Waals surface area contributed by atoms with E-state index < -0.39 is 18.0 Å². The number of carboxylic acids is 1. The van der Waals surface area contributed by atoms with Gasteiger partial charge in [0.2, 0.25) is 5.91 Å². The smallest absolute Gasteiger partial charge is 0.303 e. The molecule has 0 spiro atoms. The quantitative estimate of drug-likeness (QED) is 0.545. The Morgan fingerprint density at radius 2 is 1.85 bits per heavy atom. The number of aliphatic carboxylic acids is 1. The van der Waals surface area contributed by atoms with Crippen LogP contribution in [0, 0.1) is 11.8 Å². The van der Waals surface area contributed by atoms with Crippen molar-refractivity contribution in [2.45, 2.75) is 51.0 Å². The number of benzene rings is 1. The highest BCUT2D eigenvalue weighted by Crippen LogP contribution is 2.34. The number of hydrogen-bond donors (Lipinski definition) is 3. The van der Waals surface area contributed by atoms with Crippen LogP contribution in [0.5, 0.6) is 0 Å². The second-order valence-corrected chi connectivity index (χ2v) is 7.08. The molecule has 0 unspecified atom stereocenters. The highest BCUT2D eigenvalue weighted by Gasteiger charge is 2.39. The fourth-order valence-corrected chi connectivity index (χ4v) is 3.67. The van der Waals surface area contributed by atoms with Gasteiger partial charge < -0.3 is 15.9 Å². The van der Waals surface area contributed by atoms with Crippen molar-refractivity contribution in [2.24, 2.45) is 17.6 Å². The largest absolute Gasteiger partial charge is 0.481 e. The second-order valence-electron chi connectivity index (χ2n) is 7.08.